The number of amides is 1. The van der Waals surface area contributed by atoms with Crippen LogP contribution in [0, 0.1) is 0 Å². The van der Waals surface area contributed by atoms with Crippen LogP contribution in [-0.2, 0) is 0 Å². The van der Waals surface area contributed by atoms with Gasteiger partial charge in [0.2, 0.25) is 0 Å². The van der Waals surface area contributed by atoms with Crippen molar-refractivity contribution in [2.45, 2.75) is 0 Å². The summed E-state index contributed by atoms with van der Waals surface area (Å²) in [6.45, 7) is 0. The molecule has 0 radical (unpaired) electrons. The number of nitrogens with one attached hydrogen (secondary N) is 1. The molecule has 0 spiro atoms. The van der Waals surface area contributed by atoms with E-state index in [1.165, 1.54) is 6.07 Å². The van der Waals surface area contributed by atoms with Crippen molar-refractivity contribution in [1.29, 1.82) is 0 Å². The first-order chi connectivity index (χ1) is 11.1. The lowest BCUT2D eigenvalue weighted by molar-refractivity contribution is 0.102. The number of benzene rings is 3. The first kappa shape index (κ1) is 14.7. The highest BCUT2D eigenvalue weighted by Gasteiger charge is 2.13. The Hall–Kier alpha value is -3.21. The third kappa shape index (κ3) is 2.89. The second kappa shape index (κ2) is 5.88. The number of methoxy groups -OCH3 is 1. The van der Waals surface area contributed by atoms with Gasteiger partial charge in [-0.15, -0.1) is 0 Å². The summed E-state index contributed by atoms with van der Waals surface area (Å²) in [5, 5.41) is 14.4. The monoisotopic (exact) mass is 308 g/mol. The topological polar surface area (TPSA) is 84.6 Å². The molecule has 0 saturated carbocycles. The second-order valence-electron chi connectivity index (χ2n) is 5.12. The van der Waals surface area contributed by atoms with Gasteiger partial charge >= 0.3 is 0 Å². The smallest absolute Gasteiger partial charge is 0.259 e. The Morgan fingerprint density at radius 2 is 1.87 bits per heavy atom. The molecule has 0 aliphatic carbocycles. The number of anilines is 2. The molecule has 4 N–H and O–H groups in total. The average molecular weight is 308 g/mol. The molecule has 0 aliphatic heterocycles. The normalized spacial score (nSPS) is 10.5. The zero-order valence-corrected chi connectivity index (χ0v) is 12.5. The summed E-state index contributed by atoms with van der Waals surface area (Å²) in [6.07, 6.45) is 0. The van der Waals surface area contributed by atoms with Gasteiger partial charge in [0.25, 0.3) is 5.91 Å². The molecule has 5 heteroatoms. The number of nitrogens with two attached hydrogens (primary N) is 1. The molecule has 3 aromatic carbocycles. The van der Waals surface area contributed by atoms with E-state index >= 15 is 0 Å². The largest absolute Gasteiger partial charge is 0.507 e. The van der Waals surface area contributed by atoms with E-state index in [9.17, 15) is 9.90 Å². The lowest BCUT2D eigenvalue weighted by Gasteiger charge is -2.10. The SMILES string of the molecule is COc1ccc(NC(=O)c2cc3cccc(N)c3cc2O)cc1. The third-order valence-electron chi connectivity index (χ3n) is 3.62. The predicted molar refractivity (Wildman–Crippen MR) is 91.0 cm³/mol. The van der Waals surface area contributed by atoms with Crippen molar-refractivity contribution < 1.29 is 14.6 Å². The van der Waals surface area contributed by atoms with Crippen LogP contribution in [0.5, 0.6) is 11.5 Å². The van der Waals surface area contributed by atoms with Gasteiger partial charge in [-0.1, -0.05) is 12.1 Å². The van der Waals surface area contributed by atoms with Crippen LogP contribution in [0.3, 0.4) is 0 Å². The summed E-state index contributed by atoms with van der Waals surface area (Å²) in [5.41, 5.74) is 7.24. The van der Waals surface area contributed by atoms with Gasteiger partial charge < -0.3 is 20.9 Å². The van der Waals surface area contributed by atoms with E-state index in [1.54, 1.807) is 49.6 Å². The van der Waals surface area contributed by atoms with Crippen LogP contribution >= 0.6 is 0 Å². The summed E-state index contributed by atoms with van der Waals surface area (Å²) in [5.74, 6) is 0.199. The fourth-order valence-corrected chi connectivity index (χ4v) is 2.39. The molecule has 23 heavy (non-hydrogen) atoms. The minimum atomic E-state index is -0.392. The van der Waals surface area contributed by atoms with Gasteiger partial charge in [0.05, 0.1) is 12.7 Å². The highest BCUT2D eigenvalue weighted by Crippen LogP contribution is 2.29. The van der Waals surface area contributed by atoms with Gasteiger partial charge in [-0.2, -0.15) is 0 Å². The van der Waals surface area contributed by atoms with Crippen LogP contribution in [0.25, 0.3) is 10.8 Å². The van der Waals surface area contributed by atoms with Crippen LogP contribution in [-0.4, -0.2) is 18.1 Å². The number of hydrogen-bond donors (Lipinski definition) is 3. The Labute approximate surface area is 133 Å². The molecular formula is C18H16N2O3. The summed E-state index contributed by atoms with van der Waals surface area (Å²) in [6, 6.07) is 15.5. The highest BCUT2D eigenvalue weighted by atomic mass is 16.5. The molecule has 0 atom stereocenters. The van der Waals surface area contributed by atoms with E-state index in [0.29, 0.717) is 22.5 Å². The molecule has 0 fully saturated rings. The highest BCUT2D eigenvalue weighted by molar-refractivity contribution is 6.09. The van der Waals surface area contributed by atoms with Crippen molar-refractivity contribution in [2.75, 3.05) is 18.2 Å². The quantitative estimate of drug-likeness (QED) is 0.647. The average Bonchev–Trinajstić information content (AvgIpc) is 2.56. The van der Waals surface area contributed by atoms with Gasteiger partial charge in [0.15, 0.2) is 0 Å². The molecule has 0 heterocycles. The number of nitrogen functional groups attached to an aromatic ring is 1. The maximum absolute atomic E-state index is 12.4. The van der Waals surface area contributed by atoms with E-state index in [4.69, 9.17) is 10.5 Å². The molecule has 0 aliphatic rings. The van der Waals surface area contributed by atoms with E-state index in [2.05, 4.69) is 5.32 Å². The van der Waals surface area contributed by atoms with Crippen molar-refractivity contribution in [3.63, 3.8) is 0 Å². The van der Waals surface area contributed by atoms with E-state index in [1.807, 2.05) is 6.07 Å². The maximum Gasteiger partial charge on any atom is 0.259 e. The van der Waals surface area contributed by atoms with E-state index in [0.717, 1.165) is 5.39 Å². The molecule has 0 bridgehead atoms. The molecule has 5 nitrogen and oxygen atoms in total. The Kier molecular flexibility index (Phi) is 3.76. The molecule has 0 aromatic heterocycles. The Balaban J connectivity index is 1.92. The van der Waals surface area contributed by atoms with E-state index in [-0.39, 0.29) is 11.3 Å². The summed E-state index contributed by atoms with van der Waals surface area (Å²) >= 11 is 0. The van der Waals surface area contributed by atoms with Crippen molar-refractivity contribution >= 4 is 28.1 Å². The van der Waals surface area contributed by atoms with Crippen LogP contribution < -0.4 is 15.8 Å². The van der Waals surface area contributed by atoms with Crippen LogP contribution in [0.1, 0.15) is 10.4 Å². The first-order valence-electron chi connectivity index (χ1n) is 7.05. The lowest BCUT2D eigenvalue weighted by atomic mass is 10.0. The Morgan fingerprint density at radius 3 is 2.57 bits per heavy atom. The number of phenols is 1. The molecular weight excluding hydrogens is 292 g/mol. The van der Waals surface area contributed by atoms with Crippen LogP contribution in [0.4, 0.5) is 11.4 Å². The van der Waals surface area contributed by atoms with E-state index < -0.39 is 5.91 Å². The number of phenolic OH excluding ortho intramolecular Hbond substituents is 1. The van der Waals surface area contributed by atoms with Gasteiger partial charge in [0.1, 0.15) is 11.5 Å². The van der Waals surface area contributed by atoms with Gasteiger partial charge in [0, 0.05) is 16.8 Å². The molecule has 0 unspecified atom stereocenters. The standard InChI is InChI=1S/C18H16N2O3/c1-23-13-7-5-12(6-8-13)20-18(22)15-9-11-3-2-4-16(19)14(11)10-17(15)21/h2-10,21H,19H2,1H3,(H,20,22). The number of carbonyl (C=O) groups is 1. The van der Waals surface area contributed by atoms with Crippen molar-refractivity contribution in [2.24, 2.45) is 0 Å². The van der Waals surface area contributed by atoms with Crippen LogP contribution in [0.15, 0.2) is 54.6 Å². The molecule has 116 valence electrons. The van der Waals surface area contributed by atoms with Crippen LogP contribution in [0.2, 0.25) is 0 Å². The number of rotatable bonds is 3. The number of fused-ring (bicyclic) bond motifs is 1. The van der Waals surface area contributed by atoms with Crippen molar-refractivity contribution in [1.82, 2.24) is 0 Å². The zero-order valence-electron chi connectivity index (χ0n) is 12.5. The fourth-order valence-electron chi connectivity index (χ4n) is 2.39. The second-order valence-corrected chi connectivity index (χ2v) is 5.12. The molecule has 1 amide bonds. The molecule has 3 aromatic rings. The molecule has 0 saturated heterocycles. The van der Waals surface area contributed by atoms with Gasteiger partial charge in [-0.25, -0.2) is 0 Å². The summed E-state index contributed by atoms with van der Waals surface area (Å²) in [4.78, 5) is 12.4. The maximum atomic E-state index is 12.4. The number of ether oxygens (including phenoxy) is 1. The minimum absolute atomic E-state index is 0.110. The lowest BCUT2D eigenvalue weighted by Crippen LogP contribution is -2.12. The fraction of sp³-hybridized carbons (Fsp3) is 0.0556. The predicted octanol–water partition coefficient (Wildman–Crippen LogP) is 3.39. The van der Waals surface area contributed by atoms with Crippen molar-refractivity contribution in [3.8, 4) is 11.5 Å². The zero-order chi connectivity index (χ0) is 16.4. The number of aromatic hydroxyl groups is 1. The van der Waals surface area contributed by atoms with Crippen molar-refractivity contribution in [3.05, 3.63) is 60.2 Å². The number of hydrogen-bond acceptors (Lipinski definition) is 4. The Morgan fingerprint density at radius 1 is 1.13 bits per heavy atom. The third-order valence-corrected chi connectivity index (χ3v) is 3.62. The molecule has 3 rings (SSSR count). The van der Waals surface area contributed by atoms with Gasteiger partial charge in [-0.3, -0.25) is 4.79 Å². The van der Waals surface area contributed by atoms with Gasteiger partial charge in [-0.05, 0) is 47.9 Å². The Bertz CT molecular complexity index is 873. The summed E-state index contributed by atoms with van der Waals surface area (Å²) < 4.78 is 5.07. The summed E-state index contributed by atoms with van der Waals surface area (Å²) in [7, 11) is 1.58. The first-order valence-corrected chi connectivity index (χ1v) is 7.05. The minimum Gasteiger partial charge on any atom is -0.507 e. The number of carbonyl (C=O) groups excluding carboxylic acids is 1.